The molecule has 1 N–H and O–H groups in total. The first-order valence-corrected chi connectivity index (χ1v) is 6.19. The summed E-state index contributed by atoms with van der Waals surface area (Å²) in [5.41, 5.74) is 0. The van der Waals surface area contributed by atoms with E-state index < -0.39 is 0 Å². The van der Waals surface area contributed by atoms with Crippen molar-refractivity contribution in [2.24, 2.45) is 0 Å². The molecular formula is C10H19N3OS. The van der Waals surface area contributed by atoms with E-state index in [9.17, 15) is 0 Å². The predicted octanol–water partition coefficient (Wildman–Crippen LogP) is 1.27. The molecule has 0 aliphatic heterocycles. The molecule has 0 fully saturated rings. The van der Waals surface area contributed by atoms with E-state index in [4.69, 9.17) is 4.74 Å². The molecule has 86 valence electrons. The second-order valence-electron chi connectivity index (χ2n) is 3.33. The molecule has 0 radical (unpaired) electrons. The van der Waals surface area contributed by atoms with Gasteiger partial charge in [0.15, 0.2) is 0 Å². The molecule has 4 nitrogen and oxygen atoms in total. The van der Waals surface area contributed by atoms with Crippen LogP contribution in [0.25, 0.3) is 0 Å². The molecule has 0 spiro atoms. The van der Waals surface area contributed by atoms with E-state index in [2.05, 4.69) is 22.4 Å². The minimum atomic E-state index is 0.761. The Morgan fingerprint density at radius 2 is 1.93 bits per heavy atom. The number of nitrogens with one attached hydrogen (secondary N) is 1. The van der Waals surface area contributed by atoms with Gasteiger partial charge in [-0.15, -0.1) is 21.5 Å². The predicted molar refractivity (Wildman–Crippen MR) is 62.4 cm³/mol. The molecule has 0 saturated heterocycles. The fourth-order valence-electron chi connectivity index (χ4n) is 1.20. The van der Waals surface area contributed by atoms with Crippen molar-refractivity contribution in [2.75, 3.05) is 26.8 Å². The Kier molecular flexibility index (Phi) is 6.47. The van der Waals surface area contributed by atoms with E-state index in [1.165, 1.54) is 0 Å². The Balaban J connectivity index is 2.14. The normalized spacial score (nSPS) is 10.8. The van der Waals surface area contributed by atoms with Crippen molar-refractivity contribution >= 4 is 11.3 Å². The summed E-state index contributed by atoms with van der Waals surface area (Å²) in [6, 6.07) is 0. The number of nitrogens with zero attached hydrogens (tertiary/aromatic N) is 2. The molecule has 1 heterocycles. The fourth-order valence-corrected chi connectivity index (χ4v) is 2.14. The van der Waals surface area contributed by atoms with Crippen LogP contribution >= 0.6 is 11.3 Å². The Hall–Kier alpha value is -0.520. The van der Waals surface area contributed by atoms with E-state index in [0.717, 1.165) is 49.0 Å². The van der Waals surface area contributed by atoms with Crippen LogP contribution in [-0.2, 0) is 17.6 Å². The standard InChI is InChI=1S/C10H19N3OS/c1-3-4-9-12-13-10(15-9)5-6-11-7-8-14-2/h11H,3-8H2,1-2H3. The van der Waals surface area contributed by atoms with Crippen LogP contribution < -0.4 is 5.32 Å². The van der Waals surface area contributed by atoms with Crippen LogP contribution in [-0.4, -0.2) is 37.0 Å². The van der Waals surface area contributed by atoms with Crippen molar-refractivity contribution in [3.8, 4) is 0 Å². The third kappa shape index (κ3) is 5.20. The average molecular weight is 229 g/mol. The first-order chi connectivity index (χ1) is 7.36. The number of methoxy groups -OCH3 is 1. The topological polar surface area (TPSA) is 47.0 Å². The van der Waals surface area contributed by atoms with E-state index in [1.807, 2.05) is 0 Å². The second kappa shape index (κ2) is 7.73. The zero-order valence-corrected chi connectivity index (χ0v) is 10.3. The first-order valence-electron chi connectivity index (χ1n) is 5.37. The molecule has 0 atom stereocenters. The number of aromatic nitrogens is 2. The molecule has 0 aliphatic carbocycles. The largest absolute Gasteiger partial charge is 0.383 e. The monoisotopic (exact) mass is 229 g/mol. The van der Waals surface area contributed by atoms with Gasteiger partial charge >= 0.3 is 0 Å². The highest BCUT2D eigenvalue weighted by molar-refractivity contribution is 7.11. The van der Waals surface area contributed by atoms with E-state index in [1.54, 1.807) is 18.4 Å². The van der Waals surface area contributed by atoms with Crippen LogP contribution in [0.15, 0.2) is 0 Å². The van der Waals surface area contributed by atoms with Gasteiger partial charge in [0.25, 0.3) is 0 Å². The molecule has 1 aromatic rings. The van der Waals surface area contributed by atoms with Gasteiger partial charge in [-0.3, -0.25) is 0 Å². The summed E-state index contributed by atoms with van der Waals surface area (Å²) in [4.78, 5) is 0. The van der Waals surface area contributed by atoms with Crippen LogP contribution in [0.4, 0.5) is 0 Å². The van der Waals surface area contributed by atoms with Crippen molar-refractivity contribution in [1.29, 1.82) is 0 Å². The Morgan fingerprint density at radius 3 is 2.60 bits per heavy atom. The lowest BCUT2D eigenvalue weighted by molar-refractivity contribution is 0.199. The zero-order chi connectivity index (χ0) is 10.9. The molecular weight excluding hydrogens is 210 g/mol. The molecule has 0 bridgehead atoms. The van der Waals surface area contributed by atoms with Gasteiger partial charge in [-0.2, -0.15) is 0 Å². The van der Waals surface area contributed by atoms with Crippen molar-refractivity contribution < 1.29 is 4.74 Å². The highest BCUT2D eigenvalue weighted by Gasteiger charge is 2.02. The quantitative estimate of drug-likeness (QED) is 0.682. The van der Waals surface area contributed by atoms with Crippen LogP contribution in [0, 0.1) is 0 Å². The number of ether oxygens (including phenoxy) is 1. The summed E-state index contributed by atoms with van der Waals surface area (Å²) in [5.74, 6) is 0. The van der Waals surface area contributed by atoms with Crippen molar-refractivity contribution in [3.05, 3.63) is 10.0 Å². The summed E-state index contributed by atoms with van der Waals surface area (Å²) in [6.45, 7) is 4.77. The van der Waals surface area contributed by atoms with Gasteiger partial charge in [-0.05, 0) is 6.42 Å². The van der Waals surface area contributed by atoms with Gasteiger partial charge in [0.05, 0.1) is 6.61 Å². The highest BCUT2D eigenvalue weighted by atomic mass is 32.1. The Morgan fingerprint density at radius 1 is 1.20 bits per heavy atom. The SMILES string of the molecule is CCCc1nnc(CCNCCOC)s1. The van der Waals surface area contributed by atoms with Crippen molar-refractivity contribution in [1.82, 2.24) is 15.5 Å². The molecule has 15 heavy (non-hydrogen) atoms. The van der Waals surface area contributed by atoms with Crippen LogP contribution in [0.1, 0.15) is 23.4 Å². The smallest absolute Gasteiger partial charge is 0.118 e. The Labute approximate surface area is 95.1 Å². The van der Waals surface area contributed by atoms with E-state index >= 15 is 0 Å². The number of aryl methyl sites for hydroxylation is 1. The van der Waals surface area contributed by atoms with E-state index in [-0.39, 0.29) is 0 Å². The van der Waals surface area contributed by atoms with Crippen LogP contribution in [0.5, 0.6) is 0 Å². The summed E-state index contributed by atoms with van der Waals surface area (Å²) in [7, 11) is 1.71. The number of hydrogen-bond donors (Lipinski definition) is 1. The minimum Gasteiger partial charge on any atom is -0.383 e. The lowest BCUT2D eigenvalue weighted by Crippen LogP contribution is -2.21. The minimum absolute atomic E-state index is 0.761. The van der Waals surface area contributed by atoms with Gasteiger partial charge in [-0.1, -0.05) is 6.92 Å². The lowest BCUT2D eigenvalue weighted by Gasteiger charge is -2.00. The average Bonchev–Trinajstić information content (AvgIpc) is 2.66. The second-order valence-corrected chi connectivity index (χ2v) is 4.48. The van der Waals surface area contributed by atoms with Crippen molar-refractivity contribution in [3.63, 3.8) is 0 Å². The lowest BCUT2D eigenvalue weighted by atomic mass is 10.4. The third-order valence-electron chi connectivity index (χ3n) is 1.97. The summed E-state index contributed by atoms with van der Waals surface area (Å²) < 4.78 is 4.94. The van der Waals surface area contributed by atoms with E-state index in [0.29, 0.717) is 0 Å². The first kappa shape index (κ1) is 12.5. The molecule has 0 amide bonds. The van der Waals surface area contributed by atoms with Gasteiger partial charge in [0.1, 0.15) is 10.0 Å². The summed E-state index contributed by atoms with van der Waals surface area (Å²) in [6.07, 6.45) is 3.15. The van der Waals surface area contributed by atoms with Crippen molar-refractivity contribution in [2.45, 2.75) is 26.2 Å². The summed E-state index contributed by atoms with van der Waals surface area (Å²) >= 11 is 1.73. The van der Waals surface area contributed by atoms with Gasteiger partial charge in [-0.25, -0.2) is 0 Å². The molecule has 5 heteroatoms. The zero-order valence-electron chi connectivity index (χ0n) is 9.45. The fraction of sp³-hybridized carbons (Fsp3) is 0.800. The van der Waals surface area contributed by atoms with Crippen LogP contribution in [0.3, 0.4) is 0 Å². The highest BCUT2D eigenvalue weighted by Crippen LogP contribution is 2.11. The van der Waals surface area contributed by atoms with Gasteiger partial charge in [0, 0.05) is 33.0 Å². The molecule has 0 aliphatic rings. The number of rotatable bonds is 8. The Bertz CT molecular complexity index is 265. The maximum Gasteiger partial charge on any atom is 0.118 e. The third-order valence-corrected chi connectivity index (χ3v) is 3.01. The summed E-state index contributed by atoms with van der Waals surface area (Å²) in [5, 5.41) is 13.9. The molecule has 1 aromatic heterocycles. The van der Waals surface area contributed by atoms with Crippen LogP contribution in [0.2, 0.25) is 0 Å². The molecule has 0 unspecified atom stereocenters. The van der Waals surface area contributed by atoms with Gasteiger partial charge in [0.2, 0.25) is 0 Å². The number of hydrogen-bond acceptors (Lipinski definition) is 5. The molecule has 0 aromatic carbocycles. The maximum atomic E-state index is 4.94. The van der Waals surface area contributed by atoms with Gasteiger partial charge < -0.3 is 10.1 Å². The molecule has 1 rings (SSSR count). The maximum absolute atomic E-state index is 4.94. The molecule has 0 saturated carbocycles.